The summed E-state index contributed by atoms with van der Waals surface area (Å²) < 4.78 is 49.4. The van der Waals surface area contributed by atoms with Gasteiger partial charge in [0.05, 0.1) is 25.4 Å². The predicted molar refractivity (Wildman–Crippen MR) is 98.2 cm³/mol. The Bertz CT molecular complexity index is 805. The van der Waals surface area contributed by atoms with Gasteiger partial charge in [0.15, 0.2) is 0 Å². The first-order valence-electron chi connectivity index (χ1n) is 9.08. The van der Waals surface area contributed by atoms with Crippen LogP contribution >= 0.6 is 0 Å². The van der Waals surface area contributed by atoms with Crippen LogP contribution in [0, 0.1) is 0 Å². The van der Waals surface area contributed by atoms with E-state index in [1.165, 1.54) is 6.07 Å². The highest BCUT2D eigenvalue weighted by Gasteiger charge is 2.30. The SMILES string of the molecule is COc1ccc(C(=O)N2CCCC(OCc3cccc(C(F)(F)F)c3)C2)cc1. The molecule has 1 aliphatic heterocycles. The van der Waals surface area contributed by atoms with Gasteiger partial charge in [-0.1, -0.05) is 12.1 Å². The fourth-order valence-corrected chi connectivity index (χ4v) is 3.23. The van der Waals surface area contributed by atoms with E-state index in [1.807, 2.05) is 0 Å². The highest BCUT2D eigenvalue weighted by atomic mass is 19.4. The molecule has 0 bridgehead atoms. The Morgan fingerprint density at radius 3 is 2.61 bits per heavy atom. The number of carbonyl (C=O) groups excluding carboxylic acids is 1. The van der Waals surface area contributed by atoms with Crippen LogP contribution in [-0.2, 0) is 17.5 Å². The average Bonchev–Trinajstić information content (AvgIpc) is 2.71. The first-order chi connectivity index (χ1) is 13.4. The minimum atomic E-state index is -4.37. The normalized spacial score (nSPS) is 17.4. The van der Waals surface area contributed by atoms with E-state index < -0.39 is 11.7 Å². The van der Waals surface area contributed by atoms with Gasteiger partial charge in [-0.25, -0.2) is 0 Å². The molecule has 0 N–H and O–H groups in total. The van der Waals surface area contributed by atoms with Crippen molar-refractivity contribution in [2.24, 2.45) is 0 Å². The Labute approximate surface area is 161 Å². The molecule has 7 heteroatoms. The van der Waals surface area contributed by atoms with Gasteiger partial charge in [-0.05, 0) is 54.8 Å². The molecule has 150 valence electrons. The van der Waals surface area contributed by atoms with Gasteiger partial charge < -0.3 is 14.4 Å². The number of piperidine rings is 1. The first kappa shape index (κ1) is 20.2. The Morgan fingerprint density at radius 1 is 1.18 bits per heavy atom. The van der Waals surface area contributed by atoms with E-state index in [0.29, 0.717) is 30.0 Å². The van der Waals surface area contributed by atoms with Crippen molar-refractivity contribution >= 4 is 5.91 Å². The van der Waals surface area contributed by atoms with Crippen LogP contribution in [0.4, 0.5) is 13.2 Å². The lowest BCUT2D eigenvalue weighted by Gasteiger charge is -2.32. The van der Waals surface area contributed by atoms with Crippen LogP contribution in [0.2, 0.25) is 0 Å². The van der Waals surface area contributed by atoms with Gasteiger partial charge in [-0.15, -0.1) is 0 Å². The number of nitrogens with zero attached hydrogens (tertiary/aromatic N) is 1. The van der Waals surface area contributed by atoms with Crippen molar-refractivity contribution in [2.45, 2.75) is 31.7 Å². The quantitative estimate of drug-likeness (QED) is 0.749. The maximum atomic E-state index is 12.8. The van der Waals surface area contributed by atoms with Gasteiger partial charge in [0.25, 0.3) is 5.91 Å². The number of carbonyl (C=O) groups is 1. The Kier molecular flexibility index (Phi) is 6.24. The number of alkyl halides is 3. The largest absolute Gasteiger partial charge is 0.497 e. The number of halogens is 3. The average molecular weight is 393 g/mol. The molecule has 0 radical (unpaired) electrons. The maximum absolute atomic E-state index is 12.8. The molecule has 1 amide bonds. The zero-order valence-electron chi connectivity index (χ0n) is 15.5. The van der Waals surface area contributed by atoms with Crippen LogP contribution in [0.1, 0.15) is 34.3 Å². The van der Waals surface area contributed by atoms with Crippen molar-refractivity contribution in [3.63, 3.8) is 0 Å². The number of likely N-dealkylation sites (tertiary alicyclic amines) is 1. The van der Waals surface area contributed by atoms with Gasteiger partial charge in [0, 0.05) is 18.7 Å². The molecule has 2 aromatic rings. The van der Waals surface area contributed by atoms with Gasteiger partial charge in [0.1, 0.15) is 5.75 Å². The molecule has 1 saturated heterocycles. The van der Waals surface area contributed by atoms with Gasteiger partial charge in [0.2, 0.25) is 0 Å². The Morgan fingerprint density at radius 2 is 1.93 bits per heavy atom. The second-order valence-corrected chi connectivity index (χ2v) is 6.75. The summed E-state index contributed by atoms with van der Waals surface area (Å²) in [5.74, 6) is 0.590. The smallest absolute Gasteiger partial charge is 0.416 e. The number of ether oxygens (including phenoxy) is 2. The van der Waals surface area contributed by atoms with Crippen LogP contribution in [0.25, 0.3) is 0 Å². The van der Waals surface area contributed by atoms with Crippen LogP contribution in [0.5, 0.6) is 5.75 Å². The summed E-state index contributed by atoms with van der Waals surface area (Å²) in [5.41, 5.74) is 0.348. The molecular formula is C21H22F3NO3. The highest BCUT2D eigenvalue weighted by Crippen LogP contribution is 2.30. The number of rotatable bonds is 5. The third-order valence-corrected chi connectivity index (χ3v) is 4.74. The second kappa shape index (κ2) is 8.65. The molecule has 1 atom stereocenters. The number of methoxy groups -OCH3 is 1. The molecule has 1 fully saturated rings. The Balaban J connectivity index is 1.58. The standard InChI is InChI=1S/C21H22F3NO3/c1-27-18-9-7-16(8-10-18)20(26)25-11-3-6-19(13-25)28-14-15-4-2-5-17(12-15)21(22,23)24/h2,4-5,7-10,12,19H,3,6,11,13-14H2,1H3. The molecular weight excluding hydrogens is 371 g/mol. The van der Waals surface area contributed by atoms with Crippen LogP contribution in [0.3, 0.4) is 0 Å². The summed E-state index contributed by atoms with van der Waals surface area (Å²) in [6.45, 7) is 1.14. The minimum Gasteiger partial charge on any atom is -0.497 e. The fraction of sp³-hybridized carbons (Fsp3) is 0.381. The molecule has 1 aliphatic rings. The summed E-state index contributed by atoms with van der Waals surface area (Å²) in [4.78, 5) is 14.4. The van der Waals surface area contributed by atoms with E-state index in [-0.39, 0.29) is 18.6 Å². The number of benzene rings is 2. The zero-order valence-corrected chi connectivity index (χ0v) is 15.5. The van der Waals surface area contributed by atoms with Crippen molar-refractivity contribution in [3.8, 4) is 5.75 Å². The van der Waals surface area contributed by atoms with Gasteiger partial charge >= 0.3 is 6.18 Å². The summed E-state index contributed by atoms with van der Waals surface area (Å²) in [5, 5.41) is 0. The van der Waals surface area contributed by atoms with Crippen LogP contribution in [0.15, 0.2) is 48.5 Å². The third-order valence-electron chi connectivity index (χ3n) is 4.74. The van der Waals surface area contributed by atoms with Crippen LogP contribution < -0.4 is 4.74 Å². The summed E-state index contributed by atoms with van der Waals surface area (Å²) in [6, 6.07) is 12.0. The second-order valence-electron chi connectivity index (χ2n) is 6.75. The van der Waals surface area contributed by atoms with Crippen molar-refractivity contribution in [1.82, 2.24) is 4.90 Å². The summed E-state index contributed by atoms with van der Waals surface area (Å²) in [7, 11) is 1.56. The number of hydrogen-bond acceptors (Lipinski definition) is 3. The van der Waals surface area contributed by atoms with E-state index in [2.05, 4.69) is 0 Å². The minimum absolute atomic E-state index is 0.0825. The maximum Gasteiger partial charge on any atom is 0.416 e. The van der Waals surface area contributed by atoms with E-state index >= 15 is 0 Å². The van der Waals surface area contributed by atoms with Gasteiger partial charge in [-0.3, -0.25) is 4.79 Å². The Hall–Kier alpha value is -2.54. The monoisotopic (exact) mass is 393 g/mol. The summed E-state index contributed by atoms with van der Waals surface area (Å²) >= 11 is 0. The molecule has 2 aromatic carbocycles. The first-order valence-corrected chi connectivity index (χ1v) is 9.08. The fourth-order valence-electron chi connectivity index (χ4n) is 3.23. The van der Waals surface area contributed by atoms with Crippen molar-refractivity contribution < 1.29 is 27.4 Å². The lowest BCUT2D eigenvalue weighted by Crippen LogP contribution is -2.43. The molecule has 0 spiro atoms. The number of hydrogen-bond donors (Lipinski definition) is 0. The van der Waals surface area contributed by atoms with E-state index in [4.69, 9.17) is 9.47 Å². The van der Waals surface area contributed by atoms with Crippen molar-refractivity contribution in [2.75, 3.05) is 20.2 Å². The molecule has 3 rings (SSSR count). The molecule has 0 aliphatic carbocycles. The highest BCUT2D eigenvalue weighted by molar-refractivity contribution is 5.94. The van der Waals surface area contributed by atoms with E-state index in [9.17, 15) is 18.0 Å². The molecule has 1 heterocycles. The molecule has 0 aromatic heterocycles. The predicted octanol–water partition coefficient (Wildman–Crippen LogP) is 4.54. The third kappa shape index (κ3) is 5.04. The lowest BCUT2D eigenvalue weighted by atomic mass is 10.1. The molecule has 28 heavy (non-hydrogen) atoms. The van der Waals surface area contributed by atoms with Crippen LogP contribution in [-0.4, -0.2) is 37.1 Å². The van der Waals surface area contributed by atoms with Crippen molar-refractivity contribution in [3.05, 3.63) is 65.2 Å². The lowest BCUT2D eigenvalue weighted by molar-refractivity contribution is -0.137. The van der Waals surface area contributed by atoms with E-state index in [1.54, 1.807) is 42.3 Å². The van der Waals surface area contributed by atoms with E-state index in [0.717, 1.165) is 25.0 Å². The molecule has 1 unspecified atom stereocenters. The molecule has 4 nitrogen and oxygen atoms in total. The van der Waals surface area contributed by atoms with Gasteiger partial charge in [-0.2, -0.15) is 13.2 Å². The van der Waals surface area contributed by atoms with Crippen molar-refractivity contribution in [1.29, 1.82) is 0 Å². The molecule has 0 saturated carbocycles. The summed E-state index contributed by atoms with van der Waals surface area (Å²) in [6.07, 6.45) is -3.02. The topological polar surface area (TPSA) is 38.8 Å². The zero-order chi connectivity index (χ0) is 20.1. The number of amides is 1.